The lowest BCUT2D eigenvalue weighted by atomic mass is 9.98. The SMILES string of the molecule is OC[C@@H]1CC2(C[C@@H]1CO)OCCCO2. The van der Waals surface area contributed by atoms with E-state index in [1.807, 2.05) is 0 Å². The number of rotatable bonds is 2. The summed E-state index contributed by atoms with van der Waals surface area (Å²) >= 11 is 0. The van der Waals surface area contributed by atoms with E-state index in [2.05, 4.69) is 0 Å². The molecule has 0 radical (unpaired) electrons. The summed E-state index contributed by atoms with van der Waals surface area (Å²) in [5.41, 5.74) is 0. The minimum absolute atomic E-state index is 0.111. The summed E-state index contributed by atoms with van der Waals surface area (Å²) in [6.07, 6.45) is 2.37. The summed E-state index contributed by atoms with van der Waals surface area (Å²) in [5.74, 6) is -0.254. The second kappa shape index (κ2) is 4.14. The monoisotopic (exact) mass is 202 g/mol. The second-order valence-corrected chi connectivity index (χ2v) is 4.25. The van der Waals surface area contributed by atoms with Crippen LogP contribution in [0.5, 0.6) is 0 Å². The van der Waals surface area contributed by atoms with E-state index in [0.29, 0.717) is 12.8 Å². The molecule has 1 aliphatic heterocycles. The zero-order valence-electron chi connectivity index (χ0n) is 8.32. The smallest absolute Gasteiger partial charge is 0.168 e. The second-order valence-electron chi connectivity index (χ2n) is 4.25. The summed E-state index contributed by atoms with van der Waals surface area (Å²) in [4.78, 5) is 0. The van der Waals surface area contributed by atoms with E-state index >= 15 is 0 Å². The van der Waals surface area contributed by atoms with Crippen LogP contribution in [-0.2, 0) is 9.47 Å². The molecule has 2 atom stereocenters. The summed E-state index contributed by atoms with van der Waals surface area (Å²) in [6.45, 7) is 1.69. The molecule has 2 N–H and O–H groups in total. The van der Waals surface area contributed by atoms with Crippen molar-refractivity contribution in [3.63, 3.8) is 0 Å². The maximum Gasteiger partial charge on any atom is 0.168 e. The Morgan fingerprint density at radius 2 is 1.50 bits per heavy atom. The molecule has 1 saturated carbocycles. The molecule has 2 aliphatic rings. The average Bonchev–Trinajstić information content (AvgIpc) is 2.57. The fourth-order valence-electron chi connectivity index (χ4n) is 2.50. The van der Waals surface area contributed by atoms with Crippen LogP contribution in [-0.4, -0.2) is 42.4 Å². The van der Waals surface area contributed by atoms with Crippen LogP contribution in [0.3, 0.4) is 0 Å². The predicted molar refractivity (Wildman–Crippen MR) is 49.6 cm³/mol. The largest absolute Gasteiger partial charge is 0.396 e. The Morgan fingerprint density at radius 3 is 1.93 bits per heavy atom. The van der Waals surface area contributed by atoms with Gasteiger partial charge in [-0.2, -0.15) is 0 Å². The Balaban J connectivity index is 2.01. The van der Waals surface area contributed by atoms with Gasteiger partial charge in [-0.3, -0.25) is 0 Å². The van der Waals surface area contributed by atoms with Crippen LogP contribution in [0, 0.1) is 11.8 Å². The van der Waals surface area contributed by atoms with E-state index in [-0.39, 0.29) is 25.0 Å². The first kappa shape index (κ1) is 10.4. The zero-order chi connectivity index (χ0) is 10.0. The molecule has 1 aliphatic carbocycles. The number of hydrogen-bond acceptors (Lipinski definition) is 4. The average molecular weight is 202 g/mol. The van der Waals surface area contributed by atoms with Gasteiger partial charge < -0.3 is 19.7 Å². The van der Waals surface area contributed by atoms with Gasteiger partial charge in [0.25, 0.3) is 0 Å². The highest BCUT2D eigenvalue weighted by molar-refractivity contribution is 4.90. The van der Waals surface area contributed by atoms with Gasteiger partial charge in [-0.15, -0.1) is 0 Å². The minimum atomic E-state index is -0.501. The van der Waals surface area contributed by atoms with Gasteiger partial charge in [0, 0.05) is 26.1 Å². The molecule has 1 spiro atoms. The van der Waals surface area contributed by atoms with Crippen LogP contribution in [0.4, 0.5) is 0 Å². The lowest BCUT2D eigenvalue weighted by Crippen LogP contribution is -2.38. The molecule has 0 unspecified atom stereocenters. The minimum Gasteiger partial charge on any atom is -0.396 e. The van der Waals surface area contributed by atoms with Crippen molar-refractivity contribution in [1.29, 1.82) is 0 Å². The topological polar surface area (TPSA) is 58.9 Å². The Bertz CT molecular complexity index is 175. The molecule has 0 aromatic rings. The van der Waals surface area contributed by atoms with Crippen LogP contribution in [0.25, 0.3) is 0 Å². The van der Waals surface area contributed by atoms with Gasteiger partial charge in [0.05, 0.1) is 13.2 Å². The molecule has 2 rings (SSSR count). The molecule has 0 aromatic carbocycles. The standard InChI is InChI=1S/C10H18O4/c11-6-8-4-10(5-9(8)7-12)13-2-1-3-14-10/h8-9,11-12H,1-7H2/t8-,9+. The zero-order valence-corrected chi connectivity index (χ0v) is 8.32. The molecular formula is C10H18O4. The first-order chi connectivity index (χ1) is 6.79. The Morgan fingerprint density at radius 1 is 1.00 bits per heavy atom. The number of hydrogen-bond donors (Lipinski definition) is 2. The van der Waals surface area contributed by atoms with E-state index in [1.165, 1.54) is 0 Å². The highest BCUT2D eigenvalue weighted by Crippen LogP contribution is 2.43. The third-order valence-electron chi connectivity index (χ3n) is 3.30. The summed E-state index contributed by atoms with van der Waals surface area (Å²) in [7, 11) is 0. The fraction of sp³-hybridized carbons (Fsp3) is 1.00. The molecular weight excluding hydrogens is 184 g/mol. The van der Waals surface area contributed by atoms with Gasteiger partial charge in [0.2, 0.25) is 0 Å². The Kier molecular flexibility index (Phi) is 3.07. The predicted octanol–water partition coefficient (Wildman–Crippen LogP) is 0.130. The highest BCUT2D eigenvalue weighted by Gasteiger charge is 2.47. The summed E-state index contributed by atoms with van der Waals surface area (Å²) in [5, 5.41) is 18.3. The third-order valence-corrected chi connectivity index (χ3v) is 3.30. The van der Waals surface area contributed by atoms with Gasteiger partial charge in [-0.05, 0) is 18.3 Å². The molecule has 2 fully saturated rings. The molecule has 1 heterocycles. The van der Waals surface area contributed by atoms with Gasteiger partial charge in [-0.25, -0.2) is 0 Å². The molecule has 82 valence electrons. The van der Waals surface area contributed by atoms with Gasteiger partial charge in [0.15, 0.2) is 5.79 Å². The number of aliphatic hydroxyl groups excluding tert-OH is 2. The van der Waals surface area contributed by atoms with Crippen molar-refractivity contribution in [2.75, 3.05) is 26.4 Å². The van der Waals surface area contributed by atoms with Gasteiger partial charge in [-0.1, -0.05) is 0 Å². The van der Waals surface area contributed by atoms with Gasteiger partial charge in [0.1, 0.15) is 0 Å². The first-order valence-electron chi connectivity index (χ1n) is 5.29. The molecule has 14 heavy (non-hydrogen) atoms. The normalized spacial score (nSPS) is 36.4. The molecule has 4 heteroatoms. The lowest BCUT2D eigenvalue weighted by Gasteiger charge is -2.34. The van der Waals surface area contributed by atoms with Crippen LogP contribution in [0.2, 0.25) is 0 Å². The summed E-state index contributed by atoms with van der Waals surface area (Å²) in [6, 6.07) is 0. The first-order valence-corrected chi connectivity index (χ1v) is 5.29. The molecule has 0 aromatic heterocycles. The third kappa shape index (κ3) is 1.80. The molecule has 4 nitrogen and oxygen atoms in total. The maximum absolute atomic E-state index is 9.16. The highest BCUT2D eigenvalue weighted by atomic mass is 16.7. The number of ether oxygens (including phenoxy) is 2. The van der Waals surface area contributed by atoms with Gasteiger partial charge >= 0.3 is 0 Å². The molecule has 1 saturated heterocycles. The fourth-order valence-corrected chi connectivity index (χ4v) is 2.50. The van der Waals surface area contributed by atoms with E-state index in [9.17, 15) is 0 Å². The van der Waals surface area contributed by atoms with Crippen LogP contribution >= 0.6 is 0 Å². The van der Waals surface area contributed by atoms with Crippen molar-refractivity contribution in [3.05, 3.63) is 0 Å². The van der Waals surface area contributed by atoms with Crippen molar-refractivity contribution in [3.8, 4) is 0 Å². The van der Waals surface area contributed by atoms with Crippen molar-refractivity contribution < 1.29 is 19.7 Å². The quantitative estimate of drug-likeness (QED) is 0.668. The Labute approximate surface area is 83.8 Å². The van der Waals surface area contributed by atoms with Crippen molar-refractivity contribution in [1.82, 2.24) is 0 Å². The van der Waals surface area contributed by atoms with Crippen LogP contribution in [0.15, 0.2) is 0 Å². The Hall–Kier alpha value is -0.160. The van der Waals surface area contributed by atoms with E-state index < -0.39 is 5.79 Å². The summed E-state index contributed by atoms with van der Waals surface area (Å²) < 4.78 is 11.3. The number of aliphatic hydroxyl groups is 2. The van der Waals surface area contributed by atoms with Crippen molar-refractivity contribution in [2.24, 2.45) is 11.8 Å². The van der Waals surface area contributed by atoms with Crippen molar-refractivity contribution in [2.45, 2.75) is 25.0 Å². The lowest BCUT2D eigenvalue weighted by molar-refractivity contribution is -0.265. The van der Waals surface area contributed by atoms with E-state index in [0.717, 1.165) is 19.6 Å². The van der Waals surface area contributed by atoms with Crippen LogP contribution in [0.1, 0.15) is 19.3 Å². The van der Waals surface area contributed by atoms with E-state index in [1.54, 1.807) is 0 Å². The molecule has 0 amide bonds. The van der Waals surface area contributed by atoms with E-state index in [4.69, 9.17) is 19.7 Å². The van der Waals surface area contributed by atoms with Crippen LogP contribution < -0.4 is 0 Å². The maximum atomic E-state index is 9.16. The molecule has 0 bridgehead atoms. The van der Waals surface area contributed by atoms with Crippen molar-refractivity contribution >= 4 is 0 Å².